The predicted molar refractivity (Wildman–Crippen MR) is 104 cm³/mol. The lowest BCUT2D eigenvalue weighted by Crippen LogP contribution is -2.39. The summed E-state index contributed by atoms with van der Waals surface area (Å²) in [5, 5.41) is 3.63. The molecule has 3 rings (SSSR count). The summed E-state index contributed by atoms with van der Waals surface area (Å²) in [6.07, 6.45) is 3.62. The van der Waals surface area contributed by atoms with E-state index in [0.29, 0.717) is 12.6 Å². The molecule has 1 fully saturated rings. The number of hydrogen-bond acceptors (Lipinski definition) is 2. The maximum Gasteiger partial charge on any atom is 0.0774 e. The van der Waals surface area contributed by atoms with Crippen molar-refractivity contribution in [3.8, 4) is 0 Å². The Bertz CT molecular complexity index is 629. The van der Waals surface area contributed by atoms with Crippen LogP contribution in [-0.4, -0.2) is 12.6 Å². The predicted octanol–water partition coefficient (Wildman–Crippen LogP) is 4.86. The number of piperidine rings is 1. The summed E-state index contributed by atoms with van der Waals surface area (Å²) in [6, 6.07) is 17.7. The molecule has 2 aromatic rings. The molecule has 0 aliphatic carbocycles. The molecule has 23 heavy (non-hydrogen) atoms. The second-order valence-electron chi connectivity index (χ2n) is 6.16. The van der Waals surface area contributed by atoms with Crippen molar-refractivity contribution in [3.05, 3.63) is 68.8 Å². The molecule has 0 aromatic heterocycles. The molecule has 0 saturated carbocycles. The minimum absolute atomic E-state index is 0.245. The summed E-state index contributed by atoms with van der Waals surface area (Å²) >= 11 is 2.39. The molecule has 3 heteroatoms. The van der Waals surface area contributed by atoms with Gasteiger partial charge in [-0.15, -0.1) is 0 Å². The van der Waals surface area contributed by atoms with E-state index in [-0.39, 0.29) is 6.10 Å². The third kappa shape index (κ3) is 4.55. The average molecular weight is 421 g/mol. The molecule has 2 nitrogen and oxygen atoms in total. The number of ether oxygens (including phenoxy) is 1. The lowest BCUT2D eigenvalue weighted by Gasteiger charge is -2.33. The second kappa shape index (κ2) is 8.27. The van der Waals surface area contributed by atoms with Crippen molar-refractivity contribution in [1.29, 1.82) is 0 Å². The second-order valence-corrected chi connectivity index (χ2v) is 7.40. The van der Waals surface area contributed by atoms with Crippen molar-refractivity contribution < 1.29 is 4.74 Å². The van der Waals surface area contributed by atoms with Gasteiger partial charge >= 0.3 is 0 Å². The van der Waals surface area contributed by atoms with E-state index >= 15 is 0 Å². The van der Waals surface area contributed by atoms with Crippen molar-refractivity contribution in [2.24, 2.45) is 0 Å². The topological polar surface area (TPSA) is 21.3 Å². The molecule has 2 aromatic carbocycles. The highest BCUT2D eigenvalue weighted by molar-refractivity contribution is 14.1. The highest BCUT2D eigenvalue weighted by atomic mass is 127. The number of benzene rings is 2. The van der Waals surface area contributed by atoms with Crippen molar-refractivity contribution in [2.75, 3.05) is 6.54 Å². The number of rotatable bonds is 5. The molecule has 2 atom stereocenters. The van der Waals surface area contributed by atoms with Crippen LogP contribution in [0.25, 0.3) is 0 Å². The standard InChI is InChI=1S/C20H24INO/c1-2-15-11-16(13-18(21)12-15)14-23-19-9-6-10-22-20(19)17-7-4-3-5-8-17/h3-5,7-8,11-13,19-20,22H,2,6,9-10,14H2,1H3/t19-,20-/m0/s1. The van der Waals surface area contributed by atoms with Crippen LogP contribution in [0.1, 0.15) is 42.5 Å². The van der Waals surface area contributed by atoms with Crippen molar-refractivity contribution in [1.82, 2.24) is 5.32 Å². The lowest BCUT2D eigenvalue weighted by molar-refractivity contribution is -0.00361. The van der Waals surface area contributed by atoms with Gasteiger partial charge in [-0.2, -0.15) is 0 Å². The normalized spacial score (nSPS) is 21.3. The van der Waals surface area contributed by atoms with Crippen LogP contribution >= 0.6 is 22.6 Å². The van der Waals surface area contributed by atoms with E-state index in [1.807, 2.05) is 0 Å². The molecule has 1 saturated heterocycles. The molecule has 0 radical (unpaired) electrons. The molecule has 122 valence electrons. The number of nitrogens with one attached hydrogen (secondary N) is 1. The Kier molecular flexibility index (Phi) is 6.08. The minimum Gasteiger partial charge on any atom is -0.372 e. The SMILES string of the molecule is CCc1cc(I)cc(CO[C@H]2CCCN[C@H]2c2ccccc2)c1. The largest absolute Gasteiger partial charge is 0.372 e. The summed E-state index contributed by atoms with van der Waals surface area (Å²) < 4.78 is 7.62. The average Bonchev–Trinajstić information content (AvgIpc) is 2.60. The zero-order valence-electron chi connectivity index (χ0n) is 13.6. The number of aryl methyl sites for hydroxylation is 1. The first-order valence-electron chi connectivity index (χ1n) is 8.44. The van der Waals surface area contributed by atoms with Crippen LogP contribution in [0.2, 0.25) is 0 Å². The van der Waals surface area contributed by atoms with Crippen LogP contribution in [0.3, 0.4) is 0 Å². The zero-order valence-corrected chi connectivity index (χ0v) is 15.8. The quantitative estimate of drug-likeness (QED) is 0.697. The van der Waals surface area contributed by atoms with Gasteiger partial charge in [-0.1, -0.05) is 43.3 Å². The number of hydrogen-bond donors (Lipinski definition) is 1. The first kappa shape index (κ1) is 16.9. The van der Waals surface area contributed by atoms with Gasteiger partial charge in [0.2, 0.25) is 0 Å². The van der Waals surface area contributed by atoms with Crippen LogP contribution in [0.15, 0.2) is 48.5 Å². The summed E-state index contributed by atoms with van der Waals surface area (Å²) in [4.78, 5) is 0. The van der Waals surface area contributed by atoms with Gasteiger partial charge in [0.05, 0.1) is 18.8 Å². The lowest BCUT2D eigenvalue weighted by atomic mass is 9.94. The maximum absolute atomic E-state index is 6.32. The Morgan fingerprint density at radius 3 is 2.70 bits per heavy atom. The summed E-state index contributed by atoms with van der Waals surface area (Å²) in [5.74, 6) is 0. The highest BCUT2D eigenvalue weighted by Crippen LogP contribution is 2.27. The van der Waals surface area contributed by atoms with Gasteiger partial charge in [0, 0.05) is 3.57 Å². The Morgan fingerprint density at radius 2 is 1.91 bits per heavy atom. The van der Waals surface area contributed by atoms with Gasteiger partial charge in [-0.25, -0.2) is 0 Å². The molecular formula is C20H24INO. The Hall–Kier alpha value is -0.910. The van der Waals surface area contributed by atoms with E-state index in [9.17, 15) is 0 Å². The Labute approximate surface area is 152 Å². The minimum atomic E-state index is 0.245. The molecule has 0 spiro atoms. The van der Waals surface area contributed by atoms with Crippen LogP contribution in [-0.2, 0) is 17.8 Å². The van der Waals surface area contributed by atoms with Gasteiger partial charge in [-0.3, -0.25) is 0 Å². The Morgan fingerprint density at radius 1 is 1.13 bits per heavy atom. The third-order valence-electron chi connectivity index (χ3n) is 4.45. The van der Waals surface area contributed by atoms with Crippen LogP contribution in [0, 0.1) is 3.57 Å². The summed E-state index contributed by atoms with van der Waals surface area (Å²) in [7, 11) is 0. The molecule has 1 N–H and O–H groups in total. The fourth-order valence-electron chi connectivity index (χ4n) is 3.24. The van der Waals surface area contributed by atoms with Crippen LogP contribution in [0.4, 0.5) is 0 Å². The van der Waals surface area contributed by atoms with Gasteiger partial charge in [0.25, 0.3) is 0 Å². The first-order valence-corrected chi connectivity index (χ1v) is 9.52. The van der Waals surface area contributed by atoms with Crippen LogP contribution in [0.5, 0.6) is 0 Å². The molecule has 0 bridgehead atoms. The number of halogens is 1. The molecule has 0 amide bonds. The van der Waals surface area contributed by atoms with E-state index < -0.39 is 0 Å². The maximum atomic E-state index is 6.32. The van der Waals surface area contributed by atoms with E-state index in [2.05, 4.69) is 83.4 Å². The first-order chi connectivity index (χ1) is 11.3. The molecule has 1 aliphatic heterocycles. The summed E-state index contributed by atoms with van der Waals surface area (Å²) in [5.41, 5.74) is 4.00. The van der Waals surface area contributed by atoms with E-state index in [4.69, 9.17) is 4.74 Å². The summed E-state index contributed by atoms with van der Waals surface area (Å²) in [6.45, 7) is 3.97. The molecule has 1 aliphatic rings. The van der Waals surface area contributed by atoms with E-state index in [1.165, 1.54) is 26.7 Å². The zero-order chi connectivity index (χ0) is 16.1. The van der Waals surface area contributed by atoms with Gasteiger partial charge < -0.3 is 10.1 Å². The van der Waals surface area contributed by atoms with Gasteiger partial charge in [-0.05, 0) is 77.2 Å². The highest BCUT2D eigenvalue weighted by Gasteiger charge is 2.26. The van der Waals surface area contributed by atoms with Crippen LogP contribution < -0.4 is 5.32 Å². The van der Waals surface area contributed by atoms with Crippen molar-refractivity contribution in [2.45, 2.75) is 44.9 Å². The van der Waals surface area contributed by atoms with E-state index in [1.54, 1.807) is 0 Å². The molecule has 0 unspecified atom stereocenters. The monoisotopic (exact) mass is 421 g/mol. The van der Waals surface area contributed by atoms with Gasteiger partial charge in [0.15, 0.2) is 0 Å². The fraction of sp³-hybridized carbons (Fsp3) is 0.400. The van der Waals surface area contributed by atoms with Gasteiger partial charge in [0.1, 0.15) is 0 Å². The molecule has 1 heterocycles. The smallest absolute Gasteiger partial charge is 0.0774 e. The van der Waals surface area contributed by atoms with Crippen molar-refractivity contribution in [3.63, 3.8) is 0 Å². The molecular weight excluding hydrogens is 397 g/mol. The third-order valence-corrected chi connectivity index (χ3v) is 5.07. The van der Waals surface area contributed by atoms with Crippen molar-refractivity contribution >= 4 is 22.6 Å². The van der Waals surface area contributed by atoms with E-state index in [0.717, 1.165) is 19.4 Å². The Balaban J connectivity index is 1.69. The fourth-order valence-corrected chi connectivity index (χ4v) is 4.04.